The van der Waals surface area contributed by atoms with E-state index in [9.17, 15) is 33.1 Å². The number of fused-ring (bicyclic) bond motifs is 1. The zero-order valence-electron chi connectivity index (χ0n) is 19.5. The van der Waals surface area contributed by atoms with Crippen LogP contribution >= 0.6 is 0 Å². The van der Waals surface area contributed by atoms with Crippen molar-refractivity contribution < 1.29 is 47.3 Å². The Morgan fingerprint density at radius 2 is 1.80 bits per heavy atom. The van der Waals surface area contributed by atoms with Crippen molar-refractivity contribution in [1.29, 1.82) is 0 Å². The third-order valence-corrected chi connectivity index (χ3v) is 9.59. The van der Waals surface area contributed by atoms with Gasteiger partial charge in [-0.25, -0.2) is 4.79 Å². The van der Waals surface area contributed by atoms with E-state index in [1.165, 1.54) is 0 Å². The fourth-order valence-corrected chi connectivity index (χ4v) is 8.92. The van der Waals surface area contributed by atoms with Crippen LogP contribution in [0.4, 0.5) is 8.78 Å². The number of ketones is 1. The van der Waals surface area contributed by atoms with Gasteiger partial charge < -0.3 is 19.3 Å². The maximum atomic E-state index is 13.5. The maximum Gasteiger partial charge on any atom is 0.344 e. The molecule has 1 N–H and O–H groups in total. The highest BCUT2D eigenvalue weighted by Crippen LogP contribution is 2.62. The second-order valence-electron chi connectivity index (χ2n) is 12.1. The van der Waals surface area contributed by atoms with Gasteiger partial charge in [-0.3, -0.25) is 14.4 Å². The third kappa shape index (κ3) is 3.69. The van der Waals surface area contributed by atoms with Crippen molar-refractivity contribution in [3.63, 3.8) is 0 Å². The standard InChI is InChI=1S/C25H30F2O8/c1-23(26,27)16(28)4-14-13-3-15-19(22(31)34-20(14)15)18(13)21(30)33-9-17(29)35-25-7-11-2-12(8-25)6-24(32,5-11)10-25/h11-15,18-20,32H,2-10H2,1H3. The van der Waals surface area contributed by atoms with Crippen LogP contribution in [0.3, 0.4) is 0 Å². The van der Waals surface area contributed by atoms with Crippen molar-refractivity contribution in [2.75, 3.05) is 6.61 Å². The van der Waals surface area contributed by atoms with Gasteiger partial charge in [0.2, 0.25) is 5.78 Å². The van der Waals surface area contributed by atoms with Gasteiger partial charge in [-0.2, -0.15) is 8.78 Å². The predicted molar refractivity (Wildman–Crippen MR) is 112 cm³/mol. The van der Waals surface area contributed by atoms with E-state index >= 15 is 0 Å². The number of rotatable bonds is 7. The molecule has 1 saturated heterocycles. The van der Waals surface area contributed by atoms with Crippen LogP contribution in [0.25, 0.3) is 0 Å². The summed E-state index contributed by atoms with van der Waals surface area (Å²) in [6.45, 7) is -0.0875. The van der Waals surface area contributed by atoms with Crippen LogP contribution in [0.5, 0.6) is 0 Å². The van der Waals surface area contributed by atoms with E-state index in [-0.39, 0.29) is 5.92 Å². The summed E-state index contributed by atoms with van der Waals surface area (Å²) >= 11 is 0. The van der Waals surface area contributed by atoms with E-state index in [1.54, 1.807) is 0 Å². The molecule has 0 aromatic carbocycles. The molecule has 7 fully saturated rings. The second-order valence-corrected chi connectivity index (χ2v) is 12.1. The van der Waals surface area contributed by atoms with Crippen LogP contribution in [0.15, 0.2) is 0 Å². The van der Waals surface area contributed by atoms with Crippen LogP contribution in [-0.4, -0.2) is 58.6 Å². The van der Waals surface area contributed by atoms with E-state index in [2.05, 4.69) is 0 Å². The molecule has 0 radical (unpaired) electrons. The maximum absolute atomic E-state index is 13.5. The zero-order valence-corrected chi connectivity index (χ0v) is 19.5. The minimum absolute atomic E-state index is 0.312. The fourth-order valence-electron chi connectivity index (χ4n) is 8.92. The van der Waals surface area contributed by atoms with Gasteiger partial charge in [0.1, 0.15) is 11.7 Å². The Hall–Kier alpha value is -2.10. The van der Waals surface area contributed by atoms with E-state index in [0.29, 0.717) is 44.4 Å². The molecule has 8 nitrogen and oxygen atoms in total. The highest BCUT2D eigenvalue weighted by atomic mass is 19.3. The Bertz CT molecular complexity index is 974. The first-order valence-corrected chi connectivity index (χ1v) is 12.6. The number of Topliss-reactive ketones (excluding diaryl/α,β-unsaturated/α-hetero) is 1. The lowest BCUT2D eigenvalue weighted by atomic mass is 9.52. The van der Waals surface area contributed by atoms with Crippen LogP contribution in [-0.2, 0) is 33.4 Å². The molecular weight excluding hydrogens is 466 g/mol. The van der Waals surface area contributed by atoms with E-state index in [4.69, 9.17) is 14.2 Å². The molecule has 6 saturated carbocycles. The molecule has 0 spiro atoms. The normalized spacial score (nSPS) is 46.6. The average molecular weight is 497 g/mol. The molecule has 1 heterocycles. The van der Waals surface area contributed by atoms with Crippen molar-refractivity contribution in [2.45, 2.75) is 81.5 Å². The summed E-state index contributed by atoms with van der Waals surface area (Å²) in [5.41, 5.74) is -1.53. The van der Waals surface area contributed by atoms with Crippen molar-refractivity contribution in [3.8, 4) is 0 Å². The molecule has 10 heteroatoms. The fraction of sp³-hybridized carbons (Fsp3) is 0.840. The number of halogens is 2. The molecule has 192 valence electrons. The van der Waals surface area contributed by atoms with Gasteiger partial charge in [0.15, 0.2) is 6.61 Å². The quantitative estimate of drug-likeness (QED) is 0.421. The molecule has 8 atom stereocenters. The lowest BCUT2D eigenvalue weighted by Crippen LogP contribution is -2.60. The predicted octanol–water partition coefficient (Wildman–Crippen LogP) is 2.19. The summed E-state index contributed by atoms with van der Waals surface area (Å²) < 4.78 is 43.5. The number of carbonyl (C=O) groups is 4. The van der Waals surface area contributed by atoms with Crippen LogP contribution in [0, 0.1) is 41.4 Å². The summed E-state index contributed by atoms with van der Waals surface area (Å²) in [6, 6.07) is 0. The number of ether oxygens (including phenoxy) is 3. The molecule has 6 aliphatic carbocycles. The first-order valence-electron chi connectivity index (χ1n) is 12.6. The first kappa shape index (κ1) is 23.3. The molecule has 1 aliphatic heterocycles. The summed E-state index contributed by atoms with van der Waals surface area (Å²) in [5, 5.41) is 10.8. The Morgan fingerprint density at radius 3 is 2.43 bits per heavy atom. The number of hydrogen-bond donors (Lipinski definition) is 1. The minimum Gasteiger partial charge on any atom is -0.461 e. The van der Waals surface area contributed by atoms with E-state index in [0.717, 1.165) is 19.3 Å². The van der Waals surface area contributed by atoms with Crippen LogP contribution < -0.4 is 0 Å². The molecule has 0 aromatic rings. The van der Waals surface area contributed by atoms with Crippen molar-refractivity contribution in [1.82, 2.24) is 0 Å². The Balaban J connectivity index is 1.10. The Labute approximate surface area is 201 Å². The molecule has 0 amide bonds. The first-order chi connectivity index (χ1) is 16.4. The summed E-state index contributed by atoms with van der Waals surface area (Å²) in [6.07, 6.45) is 3.59. The minimum atomic E-state index is -3.51. The van der Waals surface area contributed by atoms with Gasteiger partial charge in [-0.15, -0.1) is 0 Å². The van der Waals surface area contributed by atoms with E-state index in [1.807, 2.05) is 0 Å². The third-order valence-electron chi connectivity index (χ3n) is 9.59. The lowest BCUT2D eigenvalue weighted by Gasteiger charge is -2.59. The Kier molecular flexibility index (Phi) is 4.97. The number of esters is 3. The number of hydrogen-bond acceptors (Lipinski definition) is 8. The second kappa shape index (κ2) is 7.46. The highest BCUT2D eigenvalue weighted by molar-refractivity contribution is 5.88. The molecule has 8 unspecified atom stereocenters. The van der Waals surface area contributed by atoms with Gasteiger partial charge >= 0.3 is 23.8 Å². The number of carbonyl (C=O) groups excluding carboxylic acids is 4. The van der Waals surface area contributed by atoms with Crippen molar-refractivity contribution in [2.24, 2.45) is 41.4 Å². The van der Waals surface area contributed by atoms with Gasteiger partial charge in [0.05, 0.1) is 17.4 Å². The largest absolute Gasteiger partial charge is 0.461 e. The monoisotopic (exact) mass is 496 g/mol. The molecule has 7 aliphatic rings. The van der Waals surface area contributed by atoms with Crippen LogP contribution in [0.1, 0.15) is 58.3 Å². The Morgan fingerprint density at radius 1 is 1.11 bits per heavy atom. The molecule has 35 heavy (non-hydrogen) atoms. The topological polar surface area (TPSA) is 116 Å². The average Bonchev–Trinajstić information content (AvgIpc) is 3.32. The molecular formula is C25H30F2O8. The SMILES string of the molecule is CC(F)(F)C(=O)CC1C2CC3C1OC(=O)C3C2C(=O)OCC(=O)OC12CC3CC(CC(O)(C3)C1)C2. The smallest absolute Gasteiger partial charge is 0.344 e. The van der Waals surface area contributed by atoms with Gasteiger partial charge in [-0.05, 0) is 56.3 Å². The zero-order chi connectivity index (χ0) is 24.9. The highest BCUT2D eigenvalue weighted by Gasteiger charge is 2.69. The number of alkyl halides is 2. The molecule has 0 aromatic heterocycles. The summed E-state index contributed by atoms with van der Waals surface area (Å²) in [7, 11) is 0. The van der Waals surface area contributed by atoms with Gasteiger partial charge in [0, 0.05) is 31.6 Å². The van der Waals surface area contributed by atoms with Gasteiger partial charge in [0.25, 0.3) is 0 Å². The van der Waals surface area contributed by atoms with Gasteiger partial charge in [-0.1, -0.05) is 0 Å². The molecule has 6 bridgehead atoms. The lowest BCUT2D eigenvalue weighted by molar-refractivity contribution is -0.222. The van der Waals surface area contributed by atoms with Crippen LogP contribution in [0.2, 0.25) is 0 Å². The van der Waals surface area contributed by atoms with Crippen molar-refractivity contribution in [3.05, 3.63) is 0 Å². The summed E-state index contributed by atoms with van der Waals surface area (Å²) in [4.78, 5) is 50.1. The molecule has 7 rings (SSSR count). The van der Waals surface area contributed by atoms with Crippen molar-refractivity contribution >= 4 is 23.7 Å². The van der Waals surface area contributed by atoms with E-state index < -0.39 is 83.6 Å². The summed E-state index contributed by atoms with van der Waals surface area (Å²) in [5.74, 6) is -9.28. The number of aliphatic hydroxyl groups is 1.